The summed E-state index contributed by atoms with van der Waals surface area (Å²) in [6.45, 7) is 4.87. The molecule has 0 saturated carbocycles. The van der Waals surface area contributed by atoms with Gasteiger partial charge in [-0.15, -0.1) is 0 Å². The van der Waals surface area contributed by atoms with E-state index < -0.39 is 12.0 Å². The minimum absolute atomic E-state index is 0.0621. The highest BCUT2D eigenvalue weighted by Gasteiger charge is 2.35. The van der Waals surface area contributed by atoms with Crippen LogP contribution in [-0.4, -0.2) is 56.1 Å². The van der Waals surface area contributed by atoms with Gasteiger partial charge in [0, 0.05) is 19.5 Å². The number of thiocarbonyl (C=S) groups is 1. The van der Waals surface area contributed by atoms with E-state index in [-0.39, 0.29) is 24.8 Å². The fraction of sp³-hybridized carbons (Fsp3) is 0.455. The number of benzene rings is 1. The minimum Gasteiger partial charge on any atom is -0.480 e. The van der Waals surface area contributed by atoms with Gasteiger partial charge in [0.25, 0.3) is 5.91 Å². The molecule has 2 fully saturated rings. The van der Waals surface area contributed by atoms with Crippen LogP contribution in [0.15, 0.2) is 29.2 Å². The largest absolute Gasteiger partial charge is 0.480 e. The average Bonchev–Trinajstić information content (AvgIpc) is 2.99. The van der Waals surface area contributed by atoms with Crippen molar-refractivity contribution in [3.8, 4) is 0 Å². The van der Waals surface area contributed by atoms with Crippen molar-refractivity contribution < 1.29 is 19.5 Å². The molecule has 0 aromatic heterocycles. The molecule has 1 atom stereocenters. The maximum atomic E-state index is 12.8. The van der Waals surface area contributed by atoms with Crippen LogP contribution in [0.3, 0.4) is 0 Å². The molecule has 0 aliphatic carbocycles. The van der Waals surface area contributed by atoms with E-state index in [4.69, 9.17) is 12.2 Å². The Morgan fingerprint density at radius 3 is 2.60 bits per heavy atom. The van der Waals surface area contributed by atoms with Crippen molar-refractivity contribution in [2.75, 3.05) is 13.1 Å². The van der Waals surface area contributed by atoms with Gasteiger partial charge in [-0.25, -0.2) is 4.79 Å². The molecule has 6 nitrogen and oxygen atoms in total. The molecule has 2 aliphatic rings. The van der Waals surface area contributed by atoms with Crippen molar-refractivity contribution in [1.82, 2.24) is 9.80 Å². The van der Waals surface area contributed by atoms with E-state index in [0.29, 0.717) is 28.1 Å². The number of thioether (sulfide) groups is 1. The summed E-state index contributed by atoms with van der Waals surface area (Å²) < 4.78 is 0.422. The molecule has 1 aromatic carbocycles. The van der Waals surface area contributed by atoms with Gasteiger partial charge in [0.2, 0.25) is 5.91 Å². The number of likely N-dealkylation sites (tertiary alicyclic amines) is 1. The van der Waals surface area contributed by atoms with Crippen LogP contribution in [0.1, 0.15) is 56.6 Å². The van der Waals surface area contributed by atoms with E-state index in [1.807, 2.05) is 30.3 Å². The Kier molecular flexibility index (Phi) is 7.31. The lowest BCUT2D eigenvalue weighted by Gasteiger charge is -2.33. The van der Waals surface area contributed by atoms with Crippen LogP contribution >= 0.6 is 24.0 Å². The predicted molar refractivity (Wildman–Crippen MR) is 122 cm³/mol. The van der Waals surface area contributed by atoms with Gasteiger partial charge in [-0.05, 0) is 42.4 Å². The zero-order valence-electron chi connectivity index (χ0n) is 17.2. The molecular formula is C22H26N2O4S2. The lowest BCUT2D eigenvalue weighted by molar-refractivity contribution is -0.152. The zero-order valence-corrected chi connectivity index (χ0v) is 18.8. The molecule has 1 aromatic rings. The van der Waals surface area contributed by atoms with Crippen molar-refractivity contribution >= 4 is 52.2 Å². The smallest absolute Gasteiger partial charge is 0.326 e. The summed E-state index contributed by atoms with van der Waals surface area (Å²) in [7, 11) is 0. The lowest BCUT2D eigenvalue weighted by atomic mass is 10.0. The first-order valence-electron chi connectivity index (χ1n) is 10.2. The number of piperidine rings is 1. The number of aliphatic carboxylic acids is 1. The molecule has 2 saturated heterocycles. The van der Waals surface area contributed by atoms with Gasteiger partial charge < -0.3 is 10.0 Å². The highest BCUT2D eigenvalue weighted by Crippen LogP contribution is 2.33. The first kappa shape index (κ1) is 22.5. The van der Waals surface area contributed by atoms with Crippen LogP contribution in [0.2, 0.25) is 0 Å². The van der Waals surface area contributed by atoms with E-state index >= 15 is 0 Å². The molecule has 8 heteroatoms. The number of carboxylic acids is 1. The molecule has 2 amide bonds. The van der Waals surface area contributed by atoms with Gasteiger partial charge in [-0.3, -0.25) is 14.5 Å². The quantitative estimate of drug-likeness (QED) is 0.528. The van der Waals surface area contributed by atoms with Crippen LogP contribution in [-0.2, 0) is 14.4 Å². The first-order valence-corrected chi connectivity index (χ1v) is 11.4. The lowest BCUT2D eigenvalue weighted by Crippen LogP contribution is -2.48. The van der Waals surface area contributed by atoms with Gasteiger partial charge in [0.05, 0.1) is 4.91 Å². The van der Waals surface area contributed by atoms with E-state index in [1.165, 1.54) is 27.1 Å². The minimum atomic E-state index is -0.972. The summed E-state index contributed by atoms with van der Waals surface area (Å²) in [5.41, 5.74) is 2.16. The van der Waals surface area contributed by atoms with Crippen LogP contribution in [0, 0.1) is 0 Å². The molecule has 3 rings (SSSR count). The SMILES string of the molecule is CC(C)c1ccc(C=C2SC(=S)N(CCC(=O)N3CCCCC3C(=O)O)C2=O)cc1. The number of nitrogens with zero attached hydrogens (tertiary/aromatic N) is 2. The van der Waals surface area contributed by atoms with Gasteiger partial charge in [-0.2, -0.15) is 0 Å². The maximum Gasteiger partial charge on any atom is 0.326 e. The average molecular weight is 447 g/mol. The number of carbonyl (C=O) groups is 3. The number of carboxylic acid groups (broad SMARTS) is 1. The molecule has 0 spiro atoms. The Morgan fingerprint density at radius 2 is 1.97 bits per heavy atom. The summed E-state index contributed by atoms with van der Waals surface area (Å²) in [5.74, 6) is -0.987. The van der Waals surface area contributed by atoms with Crippen LogP contribution in [0.5, 0.6) is 0 Å². The normalized spacial score (nSPS) is 21.0. The van der Waals surface area contributed by atoms with E-state index in [2.05, 4.69) is 13.8 Å². The van der Waals surface area contributed by atoms with E-state index in [9.17, 15) is 19.5 Å². The number of rotatable bonds is 6. The summed E-state index contributed by atoms with van der Waals surface area (Å²) in [5, 5.41) is 9.35. The third-order valence-electron chi connectivity index (χ3n) is 5.43. The van der Waals surface area contributed by atoms with Crippen LogP contribution in [0.4, 0.5) is 0 Å². The summed E-state index contributed by atoms with van der Waals surface area (Å²) >= 11 is 6.58. The predicted octanol–water partition coefficient (Wildman–Crippen LogP) is 3.87. The molecular weight excluding hydrogens is 420 g/mol. The Hall–Kier alpha value is -2.19. The standard InChI is InChI=1S/C22H26N2O4S2/c1-14(2)16-8-6-15(7-9-16)13-18-20(26)24(22(29)30-18)12-10-19(25)23-11-4-3-5-17(23)21(27)28/h6-9,13-14,17H,3-5,10-12H2,1-2H3,(H,27,28). The number of carbonyl (C=O) groups excluding carboxylic acids is 2. The van der Waals surface area contributed by atoms with Gasteiger partial charge in [-0.1, -0.05) is 62.1 Å². The van der Waals surface area contributed by atoms with E-state index in [0.717, 1.165) is 18.4 Å². The second-order valence-corrected chi connectivity index (χ2v) is 9.52. The van der Waals surface area contributed by atoms with Gasteiger partial charge in [0.15, 0.2) is 0 Å². The molecule has 0 bridgehead atoms. The molecule has 1 N–H and O–H groups in total. The number of hydrogen-bond acceptors (Lipinski definition) is 5. The second kappa shape index (κ2) is 9.75. The monoisotopic (exact) mass is 446 g/mol. The third-order valence-corrected chi connectivity index (χ3v) is 6.81. The second-order valence-electron chi connectivity index (χ2n) is 7.84. The number of amides is 2. The topological polar surface area (TPSA) is 77.9 Å². The van der Waals surface area contributed by atoms with Crippen LogP contribution < -0.4 is 0 Å². The molecule has 30 heavy (non-hydrogen) atoms. The van der Waals surface area contributed by atoms with Crippen molar-refractivity contribution in [2.24, 2.45) is 0 Å². The summed E-state index contributed by atoms with van der Waals surface area (Å²) in [6, 6.07) is 7.29. The van der Waals surface area contributed by atoms with Crippen molar-refractivity contribution in [2.45, 2.75) is 51.5 Å². The highest BCUT2D eigenvalue weighted by atomic mass is 32.2. The number of hydrogen-bond donors (Lipinski definition) is 1. The highest BCUT2D eigenvalue weighted by molar-refractivity contribution is 8.26. The molecule has 1 unspecified atom stereocenters. The van der Waals surface area contributed by atoms with Gasteiger partial charge in [0.1, 0.15) is 10.4 Å². The van der Waals surface area contributed by atoms with E-state index in [1.54, 1.807) is 0 Å². The molecule has 0 radical (unpaired) electrons. The fourth-order valence-corrected chi connectivity index (χ4v) is 4.97. The van der Waals surface area contributed by atoms with Crippen molar-refractivity contribution in [3.63, 3.8) is 0 Å². The molecule has 2 aliphatic heterocycles. The fourth-order valence-electron chi connectivity index (χ4n) is 3.66. The Labute approximate surface area is 186 Å². The zero-order chi connectivity index (χ0) is 21.8. The maximum absolute atomic E-state index is 12.8. The Morgan fingerprint density at radius 1 is 1.27 bits per heavy atom. The summed E-state index contributed by atoms with van der Waals surface area (Å²) in [6.07, 6.45) is 3.96. The third kappa shape index (κ3) is 5.10. The van der Waals surface area contributed by atoms with Gasteiger partial charge >= 0.3 is 5.97 Å². The van der Waals surface area contributed by atoms with Crippen LogP contribution in [0.25, 0.3) is 6.08 Å². The Balaban J connectivity index is 1.63. The molecule has 160 valence electrons. The first-order chi connectivity index (χ1) is 14.3. The molecule has 2 heterocycles. The van der Waals surface area contributed by atoms with Crippen molar-refractivity contribution in [1.29, 1.82) is 0 Å². The summed E-state index contributed by atoms with van der Waals surface area (Å²) in [4.78, 5) is 40.2. The van der Waals surface area contributed by atoms with Crippen molar-refractivity contribution in [3.05, 3.63) is 40.3 Å². The Bertz CT molecular complexity index is 880.